The number of carbonyl (C=O) groups excluding carboxylic acids is 1. The predicted molar refractivity (Wildman–Crippen MR) is 143 cm³/mol. The number of aromatic nitrogens is 2. The van der Waals surface area contributed by atoms with Crippen molar-refractivity contribution in [2.24, 2.45) is 0 Å². The van der Waals surface area contributed by atoms with Crippen LogP contribution in [0.5, 0.6) is 0 Å². The Labute approximate surface area is 212 Å². The average molecular weight is 488 g/mol. The van der Waals surface area contributed by atoms with Crippen molar-refractivity contribution >= 4 is 28.9 Å². The molecule has 1 saturated carbocycles. The summed E-state index contributed by atoms with van der Waals surface area (Å²) in [6.07, 6.45) is 10.2. The van der Waals surface area contributed by atoms with E-state index in [1.54, 1.807) is 0 Å². The lowest BCUT2D eigenvalue weighted by Gasteiger charge is -2.30. The van der Waals surface area contributed by atoms with E-state index in [1.165, 1.54) is 31.4 Å². The van der Waals surface area contributed by atoms with Gasteiger partial charge in [0.2, 0.25) is 5.91 Å². The molecule has 1 aliphatic heterocycles. The van der Waals surface area contributed by atoms with Crippen molar-refractivity contribution in [2.75, 3.05) is 11.9 Å². The summed E-state index contributed by atoms with van der Waals surface area (Å²) >= 11 is 5.81. The molecule has 6 nitrogen and oxygen atoms in total. The van der Waals surface area contributed by atoms with Crippen molar-refractivity contribution in [3.8, 4) is 0 Å². The number of nitrogens with zero attached hydrogens (tertiary/aromatic N) is 3. The van der Waals surface area contributed by atoms with Crippen LogP contribution in [0.3, 0.4) is 0 Å². The number of carbonyl (C=O) groups is 1. The number of hydrogen-bond acceptors (Lipinski definition) is 3. The van der Waals surface area contributed by atoms with Gasteiger partial charge in [0.1, 0.15) is 0 Å². The van der Waals surface area contributed by atoms with Gasteiger partial charge in [0, 0.05) is 42.8 Å². The monoisotopic (exact) mass is 487 g/mol. The van der Waals surface area contributed by atoms with Gasteiger partial charge < -0.3 is 20.1 Å². The molecule has 2 atom stereocenters. The SMILES string of the molecule is CCc1ccccc1NC(=O)CCN1C(=S)NC(c2ccccn2)C1c1cccn1C1CCCC1. The molecule has 2 aromatic heterocycles. The van der Waals surface area contributed by atoms with Crippen LogP contribution in [0.2, 0.25) is 0 Å². The maximum Gasteiger partial charge on any atom is 0.226 e. The van der Waals surface area contributed by atoms with Gasteiger partial charge in [0.05, 0.1) is 17.8 Å². The van der Waals surface area contributed by atoms with Crippen LogP contribution < -0.4 is 10.6 Å². The third-order valence-corrected chi connectivity index (χ3v) is 7.64. The van der Waals surface area contributed by atoms with Crippen LogP contribution in [0.4, 0.5) is 5.69 Å². The van der Waals surface area contributed by atoms with Crippen LogP contribution in [0.15, 0.2) is 67.0 Å². The molecule has 5 rings (SSSR count). The number of anilines is 1. The second-order valence-electron chi connectivity index (χ2n) is 9.41. The van der Waals surface area contributed by atoms with Gasteiger partial charge in [0.25, 0.3) is 0 Å². The lowest BCUT2D eigenvalue weighted by atomic mass is 10.0. The molecular weight excluding hydrogens is 454 g/mol. The van der Waals surface area contributed by atoms with E-state index in [-0.39, 0.29) is 18.0 Å². The number of nitrogens with one attached hydrogen (secondary N) is 2. The molecule has 3 heterocycles. The molecule has 182 valence electrons. The zero-order valence-corrected chi connectivity index (χ0v) is 21.0. The number of para-hydroxylation sites is 1. The minimum absolute atomic E-state index is 0.0000818. The van der Waals surface area contributed by atoms with Gasteiger partial charge in [-0.1, -0.05) is 44.0 Å². The first-order chi connectivity index (χ1) is 17.2. The van der Waals surface area contributed by atoms with Crippen molar-refractivity contribution < 1.29 is 4.79 Å². The second-order valence-corrected chi connectivity index (χ2v) is 9.79. The first-order valence-corrected chi connectivity index (χ1v) is 13.1. The molecule has 1 aliphatic carbocycles. The van der Waals surface area contributed by atoms with Gasteiger partial charge in [-0.15, -0.1) is 0 Å². The Bertz CT molecular complexity index is 1170. The highest BCUT2D eigenvalue weighted by molar-refractivity contribution is 7.80. The highest BCUT2D eigenvalue weighted by Crippen LogP contribution is 2.41. The summed E-state index contributed by atoms with van der Waals surface area (Å²) in [4.78, 5) is 19.8. The number of aryl methyl sites for hydroxylation is 1. The zero-order chi connectivity index (χ0) is 24.2. The number of benzene rings is 1. The van der Waals surface area contributed by atoms with E-state index in [4.69, 9.17) is 12.2 Å². The molecule has 1 amide bonds. The summed E-state index contributed by atoms with van der Waals surface area (Å²) in [6.45, 7) is 2.64. The fourth-order valence-corrected chi connectivity index (χ4v) is 5.86. The Morgan fingerprint density at radius 3 is 2.69 bits per heavy atom. The fraction of sp³-hybridized carbons (Fsp3) is 0.393. The van der Waals surface area contributed by atoms with E-state index in [9.17, 15) is 4.79 Å². The first kappa shape index (κ1) is 23.5. The van der Waals surface area contributed by atoms with Crippen molar-refractivity contribution in [2.45, 2.75) is 63.6 Å². The van der Waals surface area contributed by atoms with Crippen molar-refractivity contribution in [1.29, 1.82) is 0 Å². The normalized spacial score (nSPS) is 20.3. The highest BCUT2D eigenvalue weighted by atomic mass is 32.1. The van der Waals surface area contributed by atoms with Crippen molar-refractivity contribution in [3.63, 3.8) is 0 Å². The van der Waals surface area contributed by atoms with Crippen LogP contribution in [-0.4, -0.2) is 32.0 Å². The Hall–Kier alpha value is -3.19. The Balaban J connectivity index is 1.39. The summed E-state index contributed by atoms with van der Waals surface area (Å²) in [5.41, 5.74) is 4.22. The van der Waals surface area contributed by atoms with Gasteiger partial charge in [-0.2, -0.15) is 0 Å². The molecular formula is C28H33N5OS. The van der Waals surface area contributed by atoms with E-state index in [2.05, 4.69) is 56.4 Å². The molecule has 2 fully saturated rings. The number of thiocarbonyl (C=S) groups is 1. The molecule has 2 unspecified atom stereocenters. The summed E-state index contributed by atoms with van der Waals surface area (Å²) < 4.78 is 2.44. The van der Waals surface area contributed by atoms with Crippen molar-refractivity contribution in [3.05, 3.63) is 83.9 Å². The topological polar surface area (TPSA) is 62.2 Å². The van der Waals surface area contributed by atoms with Crippen LogP contribution in [-0.2, 0) is 11.2 Å². The Kier molecular flexibility index (Phi) is 7.13. The molecule has 1 aromatic carbocycles. The quantitative estimate of drug-likeness (QED) is 0.407. The van der Waals surface area contributed by atoms with E-state index in [0.29, 0.717) is 24.1 Å². The molecule has 2 aliphatic rings. The first-order valence-electron chi connectivity index (χ1n) is 12.7. The molecule has 2 N–H and O–H groups in total. The van der Waals surface area contributed by atoms with Gasteiger partial charge in [0.15, 0.2) is 5.11 Å². The lowest BCUT2D eigenvalue weighted by molar-refractivity contribution is -0.116. The summed E-state index contributed by atoms with van der Waals surface area (Å²) in [5, 5.41) is 7.29. The molecule has 1 saturated heterocycles. The second kappa shape index (κ2) is 10.6. The van der Waals surface area contributed by atoms with E-state index in [0.717, 1.165) is 23.4 Å². The van der Waals surface area contributed by atoms with E-state index in [1.807, 2.05) is 42.6 Å². The largest absolute Gasteiger partial charge is 0.352 e. The molecule has 3 aromatic rings. The molecule has 0 bridgehead atoms. The summed E-state index contributed by atoms with van der Waals surface area (Å²) in [6, 6.07) is 18.8. The third-order valence-electron chi connectivity index (χ3n) is 7.28. The summed E-state index contributed by atoms with van der Waals surface area (Å²) in [5.74, 6) is -0.0000818. The summed E-state index contributed by atoms with van der Waals surface area (Å²) in [7, 11) is 0. The van der Waals surface area contributed by atoms with E-state index < -0.39 is 0 Å². The molecule has 35 heavy (non-hydrogen) atoms. The van der Waals surface area contributed by atoms with Gasteiger partial charge in [-0.25, -0.2) is 0 Å². The minimum atomic E-state index is -0.0670. The molecule has 0 spiro atoms. The molecule has 7 heteroatoms. The number of hydrogen-bond donors (Lipinski definition) is 2. The van der Waals surface area contributed by atoms with Crippen LogP contribution in [0, 0.1) is 0 Å². The third kappa shape index (κ3) is 4.96. The Morgan fingerprint density at radius 2 is 1.91 bits per heavy atom. The van der Waals surface area contributed by atoms with Gasteiger partial charge in [-0.05, 0) is 67.4 Å². The van der Waals surface area contributed by atoms with Gasteiger partial charge in [-0.3, -0.25) is 9.78 Å². The van der Waals surface area contributed by atoms with E-state index >= 15 is 0 Å². The van der Waals surface area contributed by atoms with Gasteiger partial charge >= 0.3 is 0 Å². The van der Waals surface area contributed by atoms with Crippen LogP contribution >= 0.6 is 12.2 Å². The van der Waals surface area contributed by atoms with Crippen molar-refractivity contribution in [1.82, 2.24) is 19.8 Å². The number of amides is 1. The predicted octanol–water partition coefficient (Wildman–Crippen LogP) is 5.56. The van der Waals surface area contributed by atoms with Crippen LogP contribution in [0.1, 0.15) is 74.1 Å². The lowest BCUT2D eigenvalue weighted by Crippen LogP contribution is -2.33. The van der Waals surface area contributed by atoms with Crippen LogP contribution in [0.25, 0.3) is 0 Å². The highest BCUT2D eigenvalue weighted by Gasteiger charge is 2.41. The maximum absolute atomic E-state index is 12.9. The zero-order valence-electron chi connectivity index (χ0n) is 20.2. The number of pyridine rings is 1. The number of rotatable bonds is 8. The smallest absolute Gasteiger partial charge is 0.226 e. The minimum Gasteiger partial charge on any atom is -0.352 e. The fourth-order valence-electron chi connectivity index (χ4n) is 5.53. The Morgan fingerprint density at radius 1 is 1.11 bits per heavy atom. The maximum atomic E-state index is 12.9. The molecule has 0 radical (unpaired) electrons. The average Bonchev–Trinajstić information content (AvgIpc) is 3.63. The standard InChI is InChI=1S/C28H33N5OS/c1-2-20-10-3-6-13-22(20)30-25(34)16-19-33-27(24-15-9-18-32(24)21-11-4-5-12-21)26(31-28(33)35)23-14-7-8-17-29-23/h3,6-10,13-15,17-18,21,26-27H,2,4-5,11-12,16,19H2,1H3,(H,30,34)(H,31,35).